The Morgan fingerprint density at radius 1 is 1.22 bits per heavy atom. The average Bonchev–Trinajstić information content (AvgIpc) is 3.06. The maximum Gasteiger partial charge on any atom is 0.0935 e. The summed E-state index contributed by atoms with van der Waals surface area (Å²) in [5.74, 6) is 0. The predicted octanol–water partition coefficient (Wildman–Crippen LogP) is 3.27. The Kier molecular flexibility index (Phi) is 3.20. The summed E-state index contributed by atoms with van der Waals surface area (Å²) in [6.45, 7) is 0. The zero-order valence-corrected chi connectivity index (χ0v) is 10.8. The lowest BCUT2D eigenvalue weighted by atomic mass is 9.97. The van der Waals surface area contributed by atoms with E-state index in [9.17, 15) is 0 Å². The molecule has 1 atom stereocenters. The van der Waals surface area contributed by atoms with Gasteiger partial charge in [0.1, 0.15) is 0 Å². The highest BCUT2D eigenvalue weighted by atomic mass is 16.3. The summed E-state index contributed by atoms with van der Waals surface area (Å²) in [5, 5.41) is 3.41. The number of hydrogen-bond donors (Lipinski definition) is 1. The third kappa shape index (κ3) is 2.21. The molecule has 0 aliphatic heterocycles. The molecule has 1 aromatic heterocycles. The first-order valence-electron chi connectivity index (χ1n) is 6.67. The first kappa shape index (κ1) is 11.5. The summed E-state index contributed by atoms with van der Waals surface area (Å²) >= 11 is 0. The van der Waals surface area contributed by atoms with E-state index in [0.29, 0.717) is 6.04 Å². The second-order valence-electron chi connectivity index (χ2n) is 5.06. The third-order valence-electron chi connectivity index (χ3n) is 3.89. The lowest BCUT2D eigenvalue weighted by Gasteiger charge is -2.17. The van der Waals surface area contributed by atoms with E-state index < -0.39 is 0 Å². The Labute approximate surface area is 108 Å². The van der Waals surface area contributed by atoms with Crippen molar-refractivity contribution in [3.8, 4) is 0 Å². The highest BCUT2D eigenvalue weighted by Crippen LogP contribution is 2.26. The van der Waals surface area contributed by atoms with Crippen LogP contribution >= 0.6 is 0 Å². The van der Waals surface area contributed by atoms with Crippen LogP contribution in [0.3, 0.4) is 0 Å². The van der Waals surface area contributed by atoms with E-state index in [-0.39, 0.29) is 0 Å². The van der Waals surface area contributed by atoms with Crippen LogP contribution in [0, 0.1) is 0 Å². The maximum atomic E-state index is 5.14. The number of hydrogen-bond acceptors (Lipinski definition) is 2. The van der Waals surface area contributed by atoms with Gasteiger partial charge in [-0.3, -0.25) is 0 Å². The molecule has 0 amide bonds. The van der Waals surface area contributed by atoms with E-state index >= 15 is 0 Å². The monoisotopic (exact) mass is 241 g/mol. The topological polar surface area (TPSA) is 25.2 Å². The Morgan fingerprint density at radius 3 is 2.89 bits per heavy atom. The largest absolute Gasteiger partial charge is 0.472 e. The number of rotatable bonds is 4. The van der Waals surface area contributed by atoms with Gasteiger partial charge in [0, 0.05) is 6.04 Å². The van der Waals surface area contributed by atoms with E-state index in [1.54, 1.807) is 11.8 Å². The third-order valence-corrected chi connectivity index (χ3v) is 3.89. The van der Waals surface area contributed by atoms with Crippen LogP contribution in [0.5, 0.6) is 0 Å². The van der Waals surface area contributed by atoms with Crippen molar-refractivity contribution in [3.63, 3.8) is 0 Å². The highest BCUT2D eigenvalue weighted by molar-refractivity contribution is 5.37. The van der Waals surface area contributed by atoms with Gasteiger partial charge in [0.05, 0.1) is 12.5 Å². The zero-order valence-electron chi connectivity index (χ0n) is 10.8. The van der Waals surface area contributed by atoms with Crippen molar-refractivity contribution in [2.75, 3.05) is 7.05 Å². The fourth-order valence-corrected chi connectivity index (χ4v) is 2.84. The highest BCUT2D eigenvalue weighted by Gasteiger charge is 2.15. The van der Waals surface area contributed by atoms with Crippen LogP contribution in [0.1, 0.15) is 34.7 Å². The van der Waals surface area contributed by atoms with Crippen molar-refractivity contribution >= 4 is 0 Å². The average molecular weight is 241 g/mol. The van der Waals surface area contributed by atoms with Crippen LogP contribution in [0.15, 0.2) is 41.2 Å². The molecule has 1 unspecified atom stereocenters. The van der Waals surface area contributed by atoms with E-state index in [4.69, 9.17) is 4.42 Å². The summed E-state index contributed by atoms with van der Waals surface area (Å²) in [6.07, 6.45) is 8.35. The normalized spacial score (nSPS) is 15.6. The van der Waals surface area contributed by atoms with Gasteiger partial charge in [0.2, 0.25) is 0 Å². The smallest absolute Gasteiger partial charge is 0.0935 e. The molecule has 2 heteroatoms. The predicted molar refractivity (Wildman–Crippen MR) is 72.7 cm³/mol. The number of likely N-dealkylation sites (N-methyl/N-ethyl adjacent to an activating group) is 1. The molecule has 94 valence electrons. The molecule has 0 saturated carbocycles. The van der Waals surface area contributed by atoms with Crippen molar-refractivity contribution in [1.29, 1.82) is 0 Å². The molecule has 0 bridgehead atoms. The minimum absolute atomic E-state index is 0.369. The van der Waals surface area contributed by atoms with E-state index in [1.165, 1.54) is 36.0 Å². The van der Waals surface area contributed by atoms with Crippen molar-refractivity contribution in [3.05, 3.63) is 59.0 Å². The molecule has 1 aliphatic carbocycles. The van der Waals surface area contributed by atoms with Gasteiger partial charge < -0.3 is 9.73 Å². The quantitative estimate of drug-likeness (QED) is 0.888. The fraction of sp³-hybridized carbons (Fsp3) is 0.375. The Bertz CT molecular complexity index is 516. The standard InChI is InChI=1S/C16H19NO/c1-17-16(9-12-7-8-18-11-12)15-6-5-13-3-2-4-14(13)10-15/h5-8,10-11,16-17H,2-4,9H2,1H3. The number of nitrogens with one attached hydrogen (secondary N) is 1. The van der Waals surface area contributed by atoms with Crippen LogP contribution in [-0.4, -0.2) is 7.05 Å². The molecule has 1 N–H and O–H groups in total. The second kappa shape index (κ2) is 4.99. The summed E-state index contributed by atoms with van der Waals surface area (Å²) in [4.78, 5) is 0. The molecular weight excluding hydrogens is 222 g/mol. The lowest BCUT2D eigenvalue weighted by Crippen LogP contribution is -2.18. The lowest BCUT2D eigenvalue weighted by molar-refractivity contribution is 0.551. The van der Waals surface area contributed by atoms with Gasteiger partial charge in [-0.25, -0.2) is 0 Å². The molecule has 0 spiro atoms. The van der Waals surface area contributed by atoms with Crippen molar-refractivity contribution in [2.24, 2.45) is 0 Å². The molecule has 2 nitrogen and oxygen atoms in total. The maximum absolute atomic E-state index is 5.14. The second-order valence-corrected chi connectivity index (χ2v) is 5.06. The fourth-order valence-electron chi connectivity index (χ4n) is 2.84. The minimum atomic E-state index is 0.369. The van der Waals surface area contributed by atoms with Crippen molar-refractivity contribution in [2.45, 2.75) is 31.7 Å². The number of benzene rings is 1. The summed E-state index contributed by atoms with van der Waals surface area (Å²) in [6, 6.07) is 9.36. The summed E-state index contributed by atoms with van der Waals surface area (Å²) < 4.78 is 5.14. The minimum Gasteiger partial charge on any atom is -0.472 e. The number of aryl methyl sites for hydroxylation is 2. The summed E-state index contributed by atoms with van der Waals surface area (Å²) in [5.41, 5.74) is 5.71. The van der Waals surface area contributed by atoms with Gasteiger partial charge in [-0.15, -0.1) is 0 Å². The van der Waals surface area contributed by atoms with Crippen molar-refractivity contribution in [1.82, 2.24) is 5.32 Å². The Balaban J connectivity index is 1.83. The SMILES string of the molecule is CNC(Cc1ccoc1)c1ccc2c(c1)CCC2. The molecule has 1 heterocycles. The van der Waals surface area contributed by atoms with Gasteiger partial charge in [-0.05, 0) is 61.1 Å². The van der Waals surface area contributed by atoms with Crippen LogP contribution in [0.25, 0.3) is 0 Å². The molecule has 0 saturated heterocycles. The zero-order chi connectivity index (χ0) is 12.4. The molecule has 1 aliphatic rings. The van der Waals surface area contributed by atoms with Crippen LogP contribution in [0.4, 0.5) is 0 Å². The molecule has 3 rings (SSSR count). The number of fused-ring (bicyclic) bond motifs is 1. The van der Waals surface area contributed by atoms with Crippen LogP contribution < -0.4 is 5.32 Å². The molecule has 2 aromatic rings. The Hall–Kier alpha value is -1.54. The van der Waals surface area contributed by atoms with E-state index in [1.807, 2.05) is 19.4 Å². The van der Waals surface area contributed by atoms with E-state index in [2.05, 4.69) is 23.5 Å². The van der Waals surface area contributed by atoms with Crippen LogP contribution in [0.2, 0.25) is 0 Å². The van der Waals surface area contributed by atoms with Gasteiger partial charge in [0.15, 0.2) is 0 Å². The number of furan rings is 1. The molecule has 18 heavy (non-hydrogen) atoms. The summed E-state index contributed by atoms with van der Waals surface area (Å²) in [7, 11) is 2.03. The molecule has 0 fully saturated rings. The van der Waals surface area contributed by atoms with E-state index in [0.717, 1.165) is 6.42 Å². The molecule has 0 radical (unpaired) electrons. The first-order chi connectivity index (χ1) is 8.86. The van der Waals surface area contributed by atoms with Gasteiger partial charge in [0.25, 0.3) is 0 Å². The first-order valence-corrected chi connectivity index (χ1v) is 6.67. The van der Waals surface area contributed by atoms with Gasteiger partial charge >= 0.3 is 0 Å². The van der Waals surface area contributed by atoms with Gasteiger partial charge in [-0.2, -0.15) is 0 Å². The molecule has 1 aromatic carbocycles. The molecular formula is C16H19NO. The van der Waals surface area contributed by atoms with Gasteiger partial charge in [-0.1, -0.05) is 18.2 Å². The van der Waals surface area contributed by atoms with Crippen molar-refractivity contribution < 1.29 is 4.42 Å². The van der Waals surface area contributed by atoms with Crippen LogP contribution in [-0.2, 0) is 19.3 Å². The Morgan fingerprint density at radius 2 is 2.11 bits per heavy atom.